The number of hydrogen-bond donors (Lipinski definition) is 0. The van der Waals surface area contributed by atoms with Crippen LogP contribution in [0.4, 0.5) is 4.39 Å². The molecule has 0 aliphatic heterocycles. The van der Waals surface area contributed by atoms with Gasteiger partial charge in [-0.05, 0) is 61.6 Å². The van der Waals surface area contributed by atoms with Gasteiger partial charge in [0.2, 0.25) is 0 Å². The molecule has 3 nitrogen and oxygen atoms in total. The van der Waals surface area contributed by atoms with Crippen LogP contribution in [0.25, 0.3) is 0 Å². The van der Waals surface area contributed by atoms with Crippen LogP contribution < -0.4 is 4.74 Å². The molecule has 2 aromatic rings. The van der Waals surface area contributed by atoms with Crippen LogP contribution in [0.5, 0.6) is 5.75 Å². The van der Waals surface area contributed by atoms with E-state index in [0.29, 0.717) is 18.0 Å². The van der Waals surface area contributed by atoms with Crippen LogP contribution in [0.15, 0.2) is 42.5 Å². The van der Waals surface area contributed by atoms with Crippen molar-refractivity contribution in [2.45, 2.75) is 32.4 Å². The molecule has 1 atom stereocenters. The van der Waals surface area contributed by atoms with Crippen LogP contribution in [0.1, 0.15) is 35.7 Å². The Morgan fingerprint density at radius 2 is 1.96 bits per heavy atom. The third kappa shape index (κ3) is 4.13. The van der Waals surface area contributed by atoms with Crippen molar-refractivity contribution in [3.63, 3.8) is 0 Å². The molecule has 2 aromatic carbocycles. The van der Waals surface area contributed by atoms with Gasteiger partial charge in [0.25, 0.3) is 5.91 Å². The third-order valence-electron chi connectivity index (χ3n) is 4.73. The molecule has 0 radical (unpaired) electrons. The van der Waals surface area contributed by atoms with Crippen LogP contribution in [0.2, 0.25) is 5.02 Å². The van der Waals surface area contributed by atoms with Crippen LogP contribution in [-0.4, -0.2) is 24.0 Å². The zero-order valence-electron chi connectivity index (χ0n) is 14.3. The molecule has 1 unspecified atom stereocenters. The first-order valence-corrected chi connectivity index (χ1v) is 8.76. The Bertz CT molecular complexity index is 759. The van der Waals surface area contributed by atoms with Crippen molar-refractivity contribution in [3.8, 4) is 5.75 Å². The summed E-state index contributed by atoms with van der Waals surface area (Å²) >= 11 is 6.11. The maximum Gasteiger partial charge on any atom is 0.255 e. The zero-order chi connectivity index (χ0) is 18.0. The van der Waals surface area contributed by atoms with Crippen molar-refractivity contribution >= 4 is 17.5 Å². The number of halogens is 2. The summed E-state index contributed by atoms with van der Waals surface area (Å²) in [5.74, 6) is 0.679. The Balaban J connectivity index is 1.86. The van der Waals surface area contributed by atoms with E-state index in [0.717, 1.165) is 24.2 Å². The van der Waals surface area contributed by atoms with Crippen molar-refractivity contribution in [1.82, 2.24) is 4.90 Å². The maximum atomic E-state index is 13.3. The molecular weight excluding hydrogens is 341 g/mol. The summed E-state index contributed by atoms with van der Waals surface area (Å²) in [4.78, 5) is 14.9. The topological polar surface area (TPSA) is 29.5 Å². The van der Waals surface area contributed by atoms with E-state index >= 15 is 0 Å². The van der Waals surface area contributed by atoms with Gasteiger partial charge < -0.3 is 9.64 Å². The number of carbonyl (C=O) groups is 1. The smallest absolute Gasteiger partial charge is 0.255 e. The highest BCUT2D eigenvalue weighted by molar-refractivity contribution is 6.33. The van der Waals surface area contributed by atoms with Gasteiger partial charge in [0.15, 0.2) is 0 Å². The molecule has 132 valence electrons. The van der Waals surface area contributed by atoms with Crippen molar-refractivity contribution in [1.29, 1.82) is 0 Å². The molecule has 25 heavy (non-hydrogen) atoms. The van der Waals surface area contributed by atoms with E-state index in [1.54, 1.807) is 7.11 Å². The van der Waals surface area contributed by atoms with E-state index in [2.05, 4.69) is 6.92 Å². The van der Waals surface area contributed by atoms with Crippen molar-refractivity contribution in [2.24, 2.45) is 5.92 Å². The summed E-state index contributed by atoms with van der Waals surface area (Å²) in [5.41, 5.74) is 1.35. The molecule has 1 aliphatic carbocycles. The molecule has 1 saturated carbocycles. The van der Waals surface area contributed by atoms with E-state index in [4.69, 9.17) is 16.3 Å². The van der Waals surface area contributed by atoms with Crippen molar-refractivity contribution in [3.05, 3.63) is 64.4 Å². The molecule has 0 N–H and O–H groups in total. The van der Waals surface area contributed by atoms with E-state index in [-0.39, 0.29) is 17.0 Å². The molecule has 1 aliphatic rings. The lowest BCUT2D eigenvalue weighted by molar-refractivity contribution is 0.0654. The molecular formula is C20H21ClFNO2. The normalized spacial score (nSPS) is 14.9. The summed E-state index contributed by atoms with van der Waals surface area (Å²) in [6, 6.07) is 11.7. The largest absolute Gasteiger partial charge is 0.497 e. The second-order valence-corrected chi connectivity index (χ2v) is 6.89. The Labute approximate surface area is 152 Å². The van der Waals surface area contributed by atoms with Gasteiger partial charge in [-0.3, -0.25) is 4.79 Å². The number of carbonyl (C=O) groups excluding carboxylic acids is 1. The minimum Gasteiger partial charge on any atom is -0.497 e. The van der Waals surface area contributed by atoms with Gasteiger partial charge in [0.05, 0.1) is 17.7 Å². The minimum atomic E-state index is -0.446. The second kappa shape index (κ2) is 7.44. The Morgan fingerprint density at radius 1 is 1.28 bits per heavy atom. The quantitative estimate of drug-likeness (QED) is 0.730. The lowest BCUT2D eigenvalue weighted by atomic mass is 10.1. The predicted octanol–water partition coefficient (Wildman–Crippen LogP) is 4.93. The molecule has 1 amide bonds. The fourth-order valence-electron chi connectivity index (χ4n) is 2.98. The number of rotatable bonds is 6. The van der Waals surface area contributed by atoms with Gasteiger partial charge in [-0.15, -0.1) is 0 Å². The zero-order valence-corrected chi connectivity index (χ0v) is 15.1. The van der Waals surface area contributed by atoms with Crippen LogP contribution >= 0.6 is 11.6 Å². The lowest BCUT2D eigenvalue weighted by Crippen LogP contribution is -2.39. The summed E-state index contributed by atoms with van der Waals surface area (Å²) < 4.78 is 18.5. The number of benzene rings is 2. The molecule has 0 spiro atoms. The SMILES string of the molecule is COc1ccc(CN(C(=O)c2ccc(F)cc2Cl)C(C)C2CC2)cc1. The molecule has 3 rings (SSSR count). The van der Waals surface area contributed by atoms with E-state index in [1.807, 2.05) is 29.2 Å². The summed E-state index contributed by atoms with van der Waals surface area (Å²) in [7, 11) is 1.62. The standard InChI is InChI=1S/C20H21ClFNO2/c1-13(15-5-6-15)23(12-14-3-8-17(25-2)9-4-14)20(24)18-10-7-16(22)11-19(18)21/h3-4,7-11,13,15H,5-6,12H2,1-2H3. The average Bonchev–Trinajstić information content (AvgIpc) is 3.44. The van der Waals surface area contributed by atoms with Gasteiger partial charge in [0.1, 0.15) is 11.6 Å². The summed E-state index contributed by atoms with van der Waals surface area (Å²) in [6.45, 7) is 2.55. The average molecular weight is 362 g/mol. The third-order valence-corrected chi connectivity index (χ3v) is 5.04. The van der Waals surface area contributed by atoms with Gasteiger partial charge in [-0.1, -0.05) is 23.7 Å². The summed E-state index contributed by atoms with van der Waals surface area (Å²) in [5, 5.41) is 0.146. The van der Waals surface area contributed by atoms with Crippen molar-refractivity contribution < 1.29 is 13.9 Å². The van der Waals surface area contributed by atoms with E-state index in [9.17, 15) is 9.18 Å². The Hall–Kier alpha value is -2.07. The Morgan fingerprint density at radius 3 is 2.52 bits per heavy atom. The first-order chi connectivity index (χ1) is 12.0. The van der Waals surface area contributed by atoms with Gasteiger partial charge in [-0.25, -0.2) is 4.39 Å². The highest BCUT2D eigenvalue weighted by atomic mass is 35.5. The number of hydrogen-bond acceptors (Lipinski definition) is 2. The first kappa shape index (κ1) is 17.7. The number of methoxy groups -OCH3 is 1. The fraction of sp³-hybridized carbons (Fsp3) is 0.350. The summed E-state index contributed by atoms with van der Waals surface area (Å²) in [6.07, 6.45) is 2.26. The lowest BCUT2D eigenvalue weighted by Gasteiger charge is -2.30. The molecule has 5 heteroatoms. The van der Waals surface area contributed by atoms with Crippen LogP contribution in [0.3, 0.4) is 0 Å². The van der Waals surface area contributed by atoms with Gasteiger partial charge in [-0.2, -0.15) is 0 Å². The van der Waals surface area contributed by atoms with E-state index < -0.39 is 5.82 Å². The monoisotopic (exact) mass is 361 g/mol. The first-order valence-electron chi connectivity index (χ1n) is 8.38. The van der Waals surface area contributed by atoms with Crippen molar-refractivity contribution in [2.75, 3.05) is 7.11 Å². The second-order valence-electron chi connectivity index (χ2n) is 6.48. The molecule has 0 aromatic heterocycles. The molecule has 0 heterocycles. The number of nitrogens with zero attached hydrogens (tertiary/aromatic N) is 1. The van der Waals surface area contributed by atoms with Crippen LogP contribution in [0, 0.1) is 11.7 Å². The molecule has 0 saturated heterocycles. The maximum absolute atomic E-state index is 13.3. The molecule has 1 fully saturated rings. The molecule has 0 bridgehead atoms. The number of ether oxygens (including phenoxy) is 1. The predicted molar refractivity (Wildman–Crippen MR) is 96.5 cm³/mol. The Kier molecular flexibility index (Phi) is 5.28. The minimum absolute atomic E-state index is 0.107. The number of amides is 1. The van der Waals surface area contributed by atoms with Gasteiger partial charge >= 0.3 is 0 Å². The fourth-order valence-corrected chi connectivity index (χ4v) is 3.23. The highest BCUT2D eigenvalue weighted by Crippen LogP contribution is 2.36. The van der Waals surface area contributed by atoms with E-state index in [1.165, 1.54) is 18.2 Å². The van der Waals surface area contributed by atoms with Gasteiger partial charge in [0, 0.05) is 12.6 Å². The highest BCUT2D eigenvalue weighted by Gasteiger charge is 2.35. The van der Waals surface area contributed by atoms with Crippen LogP contribution in [-0.2, 0) is 6.54 Å².